The first-order valence-corrected chi connectivity index (χ1v) is 12.6. The molecule has 2 fully saturated rings. The van der Waals surface area contributed by atoms with Crippen molar-refractivity contribution in [1.29, 1.82) is 0 Å². The SMILES string of the molecule is C=NNC(=O)c1c(C)nc(N2CCS(=O)CC2)nc1Nc1ccc(CN2CCNCC2)cc1. The summed E-state index contributed by atoms with van der Waals surface area (Å²) in [6, 6.07) is 8.16. The lowest BCUT2D eigenvalue weighted by atomic mass is 10.1. The molecule has 2 aliphatic heterocycles. The predicted octanol–water partition coefficient (Wildman–Crippen LogP) is 0.848. The smallest absolute Gasteiger partial charge is 0.276 e. The Balaban J connectivity index is 1.56. The van der Waals surface area contributed by atoms with Crippen molar-refractivity contribution in [2.75, 3.05) is 61.0 Å². The van der Waals surface area contributed by atoms with Gasteiger partial charge in [0.15, 0.2) is 0 Å². The van der Waals surface area contributed by atoms with Crippen LogP contribution in [-0.4, -0.2) is 82.5 Å². The molecule has 176 valence electrons. The summed E-state index contributed by atoms with van der Waals surface area (Å²) in [6.45, 7) is 11.4. The third kappa shape index (κ3) is 5.92. The van der Waals surface area contributed by atoms with E-state index < -0.39 is 16.7 Å². The van der Waals surface area contributed by atoms with Crippen LogP contribution in [0, 0.1) is 6.92 Å². The van der Waals surface area contributed by atoms with Gasteiger partial charge in [0.25, 0.3) is 5.91 Å². The number of amides is 1. The molecule has 0 saturated carbocycles. The molecule has 4 rings (SSSR count). The van der Waals surface area contributed by atoms with Gasteiger partial charge in [0, 0.05) is 80.5 Å². The number of hydrogen-bond donors (Lipinski definition) is 3. The van der Waals surface area contributed by atoms with Gasteiger partial charge in [-0.2, -0.15) is 10.1 Å². The Morgan fingerprint density at radius 2 is 1.85 bits per heavy atom. The van der Waals surface area contributed by atoms with Gasteiger partial charge >= 0.3 is 0 Å². The minimum atomic E-state index is -0.800. The molecule has 0 aliphatic carbocycles. The number of nitrogens with one attached hydrogen (secondary N) is 3. The van der Waals surface area contributed by atoms with E-state index in [4.69, 9.17) is 0 Å². The Kier molecular flexibility index (Phi) is 7.63. The zero-order chi connectivity index (χ0) is 23.2. The van der Waals surface area contributed by atoms with Gasteiger partial charge in [-0.05, 0) is 24.6 Å². The molecule has 2 saturated heterocycles. The molecule has 0 atom stereocenters. The second kappa shape index (κ2) is 10.8. The van der Waals surface area contributed by atoms with Crippen LogP contribution in [0.3, 0.4) is 0 Å². The first-order valence-electron chi connectivity index (χ1n) is 11.1. The second-order valence-electron chi connectivity index (χ2n) is 8.11. The van der Waals surface area contributed by atoms with Crippen LogP contribution in [-0.2, 0) is 17.3 Å². The maximum absolute atomic E-state index is 12.7. The zero-order valence-electron chi connectivity index (χ0n) is 18.8. The predicted molar refractivity (Wildman–Crippen MR) is 132 cm³/mol. The molecule has 33 heavy (non-hydrogen) atoms. The minimum absolute atomic E-state index is 0.316. The van der Waals surface area contributed by atoms with Crippen molar-refractivity contribution in [2.24, 2.45) is 5.10 Å². The van der Waals surface area contributed by atoms with E-state index in [9.17, 15) is 9.00 Å². The third-order valence-corrected chi connectivity index (χ3v) is 7.05. The first kappa shape index (κ1) is 23.3. The average molecular weight is 471 g/mol. The summed E-state index contributed by atoms with van der Waals surface area (Å²) in [5.74, 6) is 1.67. The van der Waals surface area contributed by atoms with E-state index in [-0.39, 0.29) is 0 Å². The van der Waals surface area contributed by atoms with Crippen molar-refractivity contribution in [2.45, 2.75) is 13.5 Å². The van der Waals surface area contributed by atoms with Gasteiger partial charge < -0.3 is 15.5 Å². The third-order valence-electron chi connectivity index (χ3n) is 5.78. The highest BCUT2D eigenvalue weighted by molar-refractivity contribution is 7.85. The zero-order valence-corrected chi connectivity index (χ0v) is 19.7. The molecule has 0 radical (unpaired) electrons. The number of nitrogens with zero attached hydrogens (tertiary/aromatic N) is 5. The molecular formula is C22H30N8O2S. The van der Waals surface area contributed by atoms with Crippen molar-refractivity contribution in [3.63, 3.8) is 0 Å². The molecule has 0 unspecified atom stereocenters. The van der Waals surface area contributed by atoms with Crippen molar-refractivity contribution < 1.29 is 9.00 Å². The fourth-order valence-electron chi connectivity index (χ4n) is 3.99. The minimum Gasteiger partial charge on any atom is -0.339 e. The molecule has 1 aromatic carbocycles. The molecule has 2 aliphatic rings. The van der Waals surface area contributed by atoms with Crippen LogP contribution in [0.2, 0.25) is 0 Å². The number of anilines is 3. The molecule has 2 aromatic rings. The van der Waals surface area contributed by atoms with E-state index in [1.54, 1.807) is 6.92 Å². The molecule has 3 N–H and O–H groups in total. The molecule has 3 heterocycles. The topological polar surface area (TPSA) is 115 Å². The van der Waals surface area contributed by atoms with Crippen molar-refractivity contribution >= 4 is 40.9 Å². The normalized spacial score (nSPS) is 17.5. The molecule has 11 heteroatoms. The van der Waals surface area contributed by atoms with Crippen LogP contribution in [0.5, 0.6) is 0 Å². The average Bonchev–Trinajstić information content (AvgIpc) is 2.81. The molecule has 10 nitrogen and oxygen atoms in total. The summed E-state index contributed by atoms with van der Waals surface area (Å²) < 4.78 is 11.7. The molecular weight excluding hydrogens is 440 g/mol. The van der Waals surface area contributed by atoms with Crippen LogP contribution < -0.4 is 21.0 Å². The van der Waals surface area contributed by atoms with Crippen molar-refractivity contribution in [3.8, 4) is 0 Å². The summed E-state index contributed by atoms with van der Waals surface area (Å²) in [5.41, 5.74) is 5.28. The Morgan fingerprint density at radius 1 is 1.15 bits per heavy atom. The number of carbonyl (C=O) groups excluding carboxylic acids is 1. The Morgan fingerprint density at radius 3 is 2.52 bits per heavy atom. The maximum atomic E-state index is 12.7. The van der Waals surface area contributed by atoms with Gasteiger partial charge in [0.1, 0.15) is 11.4 Å². The number of piperazine rings is 1. The van der Waals surface area contributed by atoms with Gasteiger partial charge in [0.2, 0.25) is 5.95 Å². The van der Waals surface area contributed by atoms with Crippen LogP contribution in [0.25, 0.3) is 0 Å². The Bertz CT molecular complexity index is 1010. The van der Waals surface area contributed by atoms with Gasteiger partial charge in [-0.15, -0.1) is 0 Å². The van der Waals surface area contributed by atoms with E-state index in [1.165, 1.54) is 5.56 Å². The summed E-state index contributed by atoms with van der Waals surface area (Å²) in [6.07, 6.45) is 0. The second-order valence-corrected chi connectivity index (χ2v) is 9.81. The number of rotatable bonds is 7. The van der Waals surface area contributed by atoms with E-state index in [2.05, 4.69) is 54.9 Å². The number of hydrogen-bond acceptors (Lipinski definition) is 9. The van der Waals surface area contributed by atoms with Crippen LogP contribution in [0.1, 0.15) is 21.6 Å². The number of hydrazone groups is 1. The quantitative estimate of drug-likeness (QED) is 0.403. The summed E-state index contributed by atoms with van der Waals surface area (Å²) in [7, 11) is -0.800. The van der Waals surface area contributed by atoms with Crippen molar-refractivity contribution in [3.05, 3.63) is 41.1 Å². The van der Waals surface area contributed by atoms with Gasteiger partial charge in [0.05, 0.1) is 5.69 Å². The van der Waals surface area contributed by atoms with Gasteiger partial charge in [-0.3, -0.25) is 13.9 Å². The monoisotopic (exact) mass is 470 g/mol. The summed E-state index contributed by atoms with van der Waals surface area (Å²) in [5, 5.41) is 10.2. The lowest BCUT2D eigenvalue weighted by Gasteiger charge is -2.27. The molecule has 0 bridgehead atoms. The van der Waals surface area contributed by atoms with Gasteiger partial charge in [-0.1, -0.05) is 12.1 Å². The Labute approximate surface area is 196 Å². The number of carbonyl (C=O) groups is 1. The summed E-state index contributed by atoms with van der Waals surface area (Å²) >= 11 is 0. The molecule has 1 aromatic heterocycles. The summed E-state index contributed by atoms with van der Waals surface area (Å²) in [4.78, 5) is 26.3. The lowest BCUT2D eigenvalue weighted by molar-refractivity contribution is 0.0955. The fourth-order valence-corrected chi connectivity index (χ4v) is 5.04. The largest absolute Gasteiger partial charge is 0.339 e. The van der Waals surface area contributed by atoms with E-state index in [0.29, 0.717) is 47.6 Å². The van der Waals surface area contributed by atoms with Crippen LogP contribution in [0.15, 0.2) is 29.4 Å². The maximum Gasteiger partial charge on any atom is 0.276 e. The van der Waals surface area contributed by atoms with Crippen LogP contribution >= 0.6 is 0 Å². The fraction of sp³-hybridized carbons (Fsp3) is 0.455. The Hall–Kier alpha value is -2.89. The number of aromatic nitrogens is 2. The highest BCUT2D eigenvalue weighted by Crippen LogP contribution is 2.25. The standard InChI is InChI=1S/C22H30N8O2S/c1-16-19(21(31)28-23-2)20(27-22(25-16)30-11-13-33(32)14-12-30)26-18-5-3-17(4-6-18)15-29-9-7-24-8-10-29/h3-6,24H,2,7-15H2,1H3,(H,28,31)(H,25,26,27). The van der Waals surface area contributed by atoms with Crippen molar-refractivity contribution in [1.82, 2.24) is 25.6 Å². The van der Waals surface area contributed by atoms with Gasteiger partial charge in [-0.25, -0.2) is 10.4 Å². The van der Waals surface area contributed by atoms with E-state index >= 15 is 0 Å². The molecule has 0 spiro atoms. The number of aryl methyl sites for hydroxylation is 1. The van der Waals surface area contributed by atoms with E-state index in [1.807, 2.05) is 17.0 Å². The molecule has 1 amide bonds. The highest BCUT2D eigenvalue weighted by atomic mass is 32.2. The first-order chi connectivity index (χ1) is 16.0. The number of benzene rings is 1. The highest BCUT2D eigenvalue weighted by Gasteiger charge is 2.23. The van der Waals surface area contributed by atoms with E-state index in [0.717, 1.165) is 38.4 Å². The lowest BCUT2D eigenvalue weighted by Crippen LogP contribution is -2.42. The van der Waals surface area contributed by atoms with Crippen LogP contribution in [0.4, 0.5) is 17.5 Å².